The third-order valence-electron chi connectivity index (χ3n) is 2.75. The maximum Gasteiger partial charge on any atom is 0.210 e. The Morgan fingerprint density at radius 3 is 2.53 bits per heavy atom. The van der Waals surface area contributed by atoms with Crippen LogP contribution in [0.5, 0.6) is 17.2 Å². The predicted octanol–water partition coefficient (Wildman–Crippen LogP) is 2.00. The molecule has 96 valence electrons. The van der Waals surface area contributed by atoms with Gasteiger partial charge in [0.15, 0.2) is 11.5 Å². The first-order valence-corrected chi connectivity index (χ1v) is 5.40. The molecule has 0 spiro atoms. The first-order chi connectivity index (χ1) is 8.06. The van der Waals surface area contributed by atoms with Crippen LogP contribution in [0.15, 0.2) is 6.07 Å². The second-order valence-electron chi connectivity index (χ2n) is 3.84. The molecular formula is C12H18FNO3. The Balaban J connectivity index is 3.28. The van der Waals surface area contributed by atoms with E-state index in [1.54, 1.807) is 6.07 Å². The van der Waals surface area contributed by atoms with E-state index in [9.17, 15) is 9.50 Å². The van der Waals surface area contributed by atoms with Crippen molar-refractivity contribution in [3.8, 4) is 17.2 Å². The molecule has 0 aromatic heterocycles. The van der Waals surface area contributed by atoms with E-state index in [-0.39, 0.29) is 17.4 Å². The van der Waals surface area contributed by atoms with Crippen molar-refractivity contribution in [2.75, 3.05) is 20.8 Å². The summed E-state index contributed by atoms with van der Waals surface area (Å²) < 4.78 is 23.7. The van der Waals surface area contributed by atoms with Crippen LogP contribution < -0.4 is 15.2 Å². The highest BCUT2D eigenvalue weighted by atomic mass is 19.1. The molecule has 3 N–H and O–H groups in total. The van der Waals surface area contributed by atoms with Crippen molar-refractivity contribution < 1.29 is 19.0 Å². The van der Waals surface area contributed by atoms with Crippen LogP contribution in [-0.2, 0) is 0 Å². The fraction of sp³-hybridized carbons (Fsp3) is 0.500. The van der Waals surface area contributed by atoms with Crippen molar-refractivity contribution >= 4 is 0 Å². The summed E-state index contributed by atoms with van der Waals surface area (Å²) in [5.41, 5.74) is 5.93. The number of hydrogen-bond acceptors (Lipinski definition) is 4. The number of methoxy groups -OCH3 is 2. The molecule has 1 atom stereocenters. The Bertz CT molecular complexity index is 396. The molecule has 1 rings (SSSR count). The van der Waals surface area contributed by atoms with Crippen LogP contribution >= 0.6 is 0 Å². The third kappa shape index (κ3) is 2.61. The monoisotopic (exact) mass is 243 g/mol. The van der Waals surface area contributed by atoms with E-state index >= 15 is 0 Å². The normalized spacial score (nSPS) is 12.3. The Hall–Kier alpha value is -1.49. The molecule has 0 bridgehead atoms. The number of halogens is 1. The maximum atomic E-state index is 13.8. The molecule has 4 nitrogen and oxygen atoms in total. The number of nitrogens with two attached hydrogens (primary N) is 1. The van der Waals surface area contributed by atoms with Gasteiger partial charge < -0.3 is 20.3 Å². The Morgan fingerprint density at radius 2 is 2.06 bits per heavy atom. The second-order valence-corrected chi connectivity index (χ2v) is 3.84. The van der Waals surface area contributed by atoms with E-state index in [4.69, 9.17) is 15.2 Å². The van der Waals surface area contributed by atoms with E-state index in [2.05, 4.69) is 0 Å². The van der Waals surface area contributed by atoms with Gasteiger partial charge in [0.25, 0.3) is 0 Å². The van der Waals surface area contributed by atoms with Crippen LogP contribution in [0.4, 0.5) is 4.39 Å². The van der Waals surface area contributed by atoms with Crippen LogP contribution in [-0.4, -0.2) is 25.9 Å². The molecule has 0 aliphatic carbocycles. The fourth-order valence-corrected chi connectivity index (χ4v) is 1.74. The number of phenols is 1. The van der Waals surface area contributed by atoms with E-state index in [0.29, 0.717) is 18.5 Å². The Morgan fingerprint density at radius 1 is 1.41 bits per heavy atom. The third-order valence-corrected chi connectivity index (χ3v) is 2.75. The molecule has 1 aromatic rings. The largest absolute Gasteiger partial charge is 0.505 e. The highest BCUT2D eigenvalue weighted by Gasteiger charge is 2.21. The molecule has 0 saturated heterocycles. The van der Waals surface area contributed by atoms with Crippen molar-refractivity contribution in [2.45, 2.75) is 19.3 Å². The van der Waals surface area contributed by atoms with Crippen LogP contribution in [0.1, 0.15) is 24.8 Å². The van der Waals surface area contributed by atoms with E-state index in [1.165, 1.54) is 14.2 Å². The minimum atomic E-state index is -0.800. The van der Waals surface area contributed by atoms with Crippen LogP contribution in [0.3, 0.4) is 0 Å². The van der Waals surface area contributed by atoms with E-state index in [0.717, 1.165) is 0 Å². The number of phenolic OH excluding ortho intramolecular Hbond substituents is 1. The average Bonchev–Trinajstić information content (AvgIpc) is 2.32. The minimum Gasteiger partial charge on any atom is -0.505 e. The van der Waals surface area contributed by atoms with Gasteiger partial charge in [-0.2, -0.15) is 4.39 Å². The summed E-state index contributed by atoms with van der Waals surface area (Å²) in [6, 6.07) is 1.58. The van der Waals surface area contributed by atoms with Gasteiger partial charge in [-0.25, -0.2) is 0 Å². The van der Waals surface area contributed by atoms with Gasteiger partial charge in [0.05, 0.1) is 14.2 Å². The lowest BCUT2D eigenvalue weighted by molar-refractivity contribution is 0.323. The molecule has 0 radical (unpaired) electrons. The predicted molar refractivity (Wildman–Crippen MR) is 63.3 cm³/mol. The van der Waals surface area contributed by atoms with Gasteiger partial charge in [-0.1, -0.05) is 6.92 Å². The van der Waals surface area contributed by atoms with Crippen molar-refractivity contribution in [3.05, 3.63) is 17.4 Å². The van der Waals surface area contributed by atoms with E-state index in [1.807, 2.05) is 6.92 Å². The van der Waals surface area contributed by atoms with Crippen molar-refractivity contribution in [1.82, 2.24) is 0 Å². The van der Waals surface area contributed by atoms with E-state index < -0.39 is 11.6 Å². The molecule has 17 heavy (non-hydrogen) atoms. The standard InChI is InChI=1S/C12H18FNO3/c1-7(4-5-14)8-6-9(16-2)12(17-3)10(13)11(8)15/h6-7,15H,4-5,14H2,1-3H3. The number of ether oxygens (including phenoxy) is 2. The van der Waals surface area contributed by atoms with Crippen molar-refractivity contribution in [2.24, 2.45) is 5.73 Å². The number of rotatable bonds is 5. The number of benzene rings is 1. The molecule has 0 heterocycles. The van der Waals surface area contributed by atoms with Gasteiger partial charge in [-0.15, -0.1) is 0 Å². The minimum absolute atomic E-state index is 0.0469. The highest BCUT2D eigenvalue weighted by molar-refractivity contribution is 5.52. The van der Waals surface area contributed by atoms with Crippen LogP contribution in [0.2, 0.25) is 0 Å². The van der Waals surface area contributed by atoms with Gasteiger partial charge in [-0.05, 0) is 24.9 Å². The molecule has 0 aliphatic heterocycles. The molecule has 5 heteroatoms. The number of hydrogen-bond donors (Lipinski definition) is 2. The molecular weight excluding hydrogens is 225 g/mol. The first kappa shape index (κ1) is 13.6. The zero-order chi connectivity index (χ0) is 13.0. The van der Waals surface area contributed by atoms with Crippen LogP contribution in [0, 0.1) is 5.82 Å². The lowest BCUT2D eigenvalue weighted by atomic mass is 9.96. The molecule has 0 amide bonds. The lowest BCUT2D eigenvalue weighted by Gasteiger charge is -2.17. The summed E-state index contributed by atoms with van der Waals surface area (Å²) in [5, 5.41) is 9.78. The van der Waals surface area contributed by atoms with Crippen LogP contribution in [0.25, 0.3) is 0 Å². The molecule has 1 unspecified atom stereocenters. The zero-order valence-electron chi connectivity index (χ0n) is 10.3. The topological polar surface area (TPSA) is 64.7 Å². The average molecular weight is 243 g/mol. The van der Waals surface area contributed by atoms with Gasteiger partial charge in [-0.3, -0.25) is 0 Å². The summed E-state index contributed by atoms with van der Waals surface area (Å²) in [6.07, 6.45) is 0.655. The first-order valence-electron chi connectivity index (χ1n) is 5.40. The SMILES string of the molecule is COc1cc(C(C)CCN)c(O)c(F)c1OC. The molecule has 0 saturated carbocycles. The quantitative estimate of drug-likeness (QED) is 0.830. The Kier molecular flexibility index (Phi) is 4.57. The highest BCUT2D eigenvalue weighted by Crippen LogP contribution is 2.41. The summed E-state index contributed by atoms with van der Waals surface area (Å²) in [5.74, 6) is -1.07. The summed E-state index contributed by atoms with van der Waals surface area (Å²) in [4.78, 5) is 0. The van der Waals surface area contributed by atoms with Gasteiger partial charge in [0.2, 0.25) is 11.6 Å². The van der Waals surface area contributed by atoms with Crippen molar-refractivity contribution in [1.29, 1.82) is 0 Å². The number of aromatic hydroxyl groups is 1. The lowest BCUT2D eigenvalue weighted by Crippen LogP contribution is -2.06. The zero-order valence-corrected chi connectivity index (χ0v) is 10.3. The molecule has 1 aromatic carbocycles. The summed E-state index contributed by atoms with van der Waals surface area (Å²) in [6.45, 7) is 2.34. The summed E-state index contributed by atoms with van der Waals surface area (Å²) >= 11 is 0. The smallest absolute Gasteiger partial charge is 0.210 e. The van der Waals surface area contributed by atoms with Gasteiger partial charge >= 0.3 is 0 Å². The second kappa shape index (κ2) is 5.72. The van der Waals surface area contributed by atoms with Gasteiger partial charge in [0.1, 0.15) is 0 Å². The van der Waals surface area contributed by atoms with Gasteiger partial charge in [0, 0.05) is 5.56 Å². The maximum absolute atomic E-state index is 13.8. The summed E-state index contributed by atoms with van der Waals surface area (Å²) in [7, 11) is 2.75. The fourth-order valence-electron chi connectivity index (χ4n) is 1.74. The molecule has 0 fully saturated rings. The Labute approximate surface area is 100 Å². The van der Waals surface area contributed by atoms with Crippen molar-refractivity contribution in [3.63, 3.8) is 0 Å². The molecule has 0 aliphatic rings.